The predicted molar refractivity (Wildman–Crippen MR) is 80.5 cm³/mol. The molecular formula is C15H13NOS2. The van der Waals surface area contributed by atoms with E-state index >= 15 is 0 Å². The van der Waals surface area contributed by atoms with Crippen LogP contribution in [-0.2, 0) is 6.42 Å². The molecule has 4 heteroatoms. The first-order valence-electron chi connectivity index (χ1n) is 6.03. The zero-order valence-corrected chi connectivity index (χ0v) is 11.8. The number of aromatic nitrogens is 1. The molecule has 0 fully saturated rings. The molecule has 0 saturated heterocycles. The molecule has 0 radical (unpaired) electrons. The maximum Gasteiger partial charge on any atom is 0.124 e. The number of benzene rings is 1. The van der Waals surface area contributed by atoms with E-state index < -0.39 is 6.10 Å². The quantitative estimate of drug-likeness (QED) is 0.782. The molecule has 0 spiro atoms. The maximum atomic E-state index is 10.2. The van der Waals surface area contributed by atoms with Crippen molar-refractivity contribution in [3.05, 3.63) is 63.8 Å². The smallest absolute Gasteiger partial charge is 0.124 e. The lowest BCUT2D eigenvalue weighted by atomic mass is 10.1. The van der Waals surface area contributed by atoms with Gasteiger partial charge in [-0.05, 0) is 17.0 Å². The molecule has 96 valence electrons. The van der Waals surface area contributed by atoms with Crippen LogP contribution in [0.1, 0.15) is 17.4 Å². The number of rotatable bonds is 4. The summed E-state index contributed by atoms with van der Waals surface area (Å²) < 4.78 is 0. The van der Waals surface area contributed by atoms with Crippen LogP contribution in [0.5, 0.6) is 0 Å². The summed E-state index contributed by atoms with van der Waals surface area (Å²) in [6.07, 6.45) is 0.0728. The largest absolute Gasteiger partial charge is 0.388 e. The predicted octanol–water partition coefficient (Wildman–Crippen LogP) is 4.15. The van der Waals surface area contributed by atoms with E-state index in [1.165, 1.54) is 0 Å². The molecule has 2 aromatic heterocycles. The van der Waals surface area contributed by atoms with E-state index in [-0.39, 0.29) is 0 Å². The van der Waals surface area contributed by atoms with Crippen molar-refractivity contribution >= 4 is 22.7 Å². The molecule has 2 heterocycles. The van der Waals surface area contributed by atoms with Gasteiger partial charge in [0.25, 0.3) is 0 Å². The normalized spacial score (nSPS) is 12.5. The molecule has 0 bridgehead atoms. The van der Waals surface area contributed by atoms with Gasteiger partial charge in [0, 0.05) is 22.7 Å². The van der Waals surface area contributed by atoms with Crippen LogP contribution in [-0.4, -0.2) is 10.1 Å². The van der Waals surface area contributed by atoms with Gasteiger partial charge in [-0.15, -0.1) is 11.3 Å². The van der Waals surface area contributed by atoms with Crippen LogP contribution < -0.4 is 0 Å². The van der Waals surface area contributed by atoms with Gasteiger partial charge < -0.3 is 5.11 Å². The molecule has 0 amide bonds. The maximum absolute atomic E-state index is 10.2. The van der Waals surface area contributed by atoms with Gasteiger partial charge in [0.2, 0.25) is 0 Å². The van der Waals surface area contributed by atoms with Crippen LogP contribution in [0.4, 0.5) is 0 Å². The SMILES string of the molecule is OC(Cc1csc(-c2ccsc2)n1)c1ccccc1. The molecule has 1 unspecified atom stereocenters. The summed E-state index contributed by atoms with van der Waals surface area (Å²) >= 11 is 3.30. The summed E-state index contributed by atoms with van der Waals surface area (Å²) in [7, 11) is 0. The third-order valence-corrected chi connectivity index (χ3v) is 4.53. The van der Waals surface area contributed by atoms with Crippen molar-refractivity contribution < 1.29 is 5.11 Å². The first-order valence-corrected chi connectivity index (χ1v) is 7.85. The van der Waals surface area contributed by atoms with Crippen LogP contribution in [0.15, 0.2) is 52.5 Å². The Kier molecular flexibility index (Phi) is 3.73. The van der Waals surface area contributed by atoms with E-state index in [1.807, 2.05) is 35.7 Å². The zero-order chi connectivity index (χ0) is 13.1. The molecule has 0 aliphatic rings. The highest BCUT2D eigenvalue weighted by atomic mass is 32.1. The van der Waals surface area contributed by atoms with Gasteiger partial charge in [-0.2, -0.15) is 11.3 Å². The monoisotopic (exact) mass is 287 g/mol. The number of aliphatic hydroxyl groups excluding tert-OH is 1. The standard InChI is InChI=1S/C15H13NOS2/c17-14(11-4-2-1-3-5-11)8-13-10-19-15(16-13)12-6-7-18-9-12/h1-7,9-10,14,17H,8H2. The Morgan fingerprint density at radius 3 is 2.68 bits per heavy atom. The minimum atomic E-state index is -0.487. The van der Waals surface area contributed by atoms with Crippen LogP contribution >= 0.6 is 22.7 Å². The van der Waals surface area contributed by atoms with Crippen molar-refractivity contribution in [2.75, 3.05) is 0 Å². The number of nitrogens with zero attached hydrogens (tertiary/aromatic N) is 1. The van der Waals surface area contributed by atoms with Crippen molar-refractivity contribution in [2.45, 2.75) is 12.5 Å². The zero-order valence-electron chi connectivity index (χ0n) is 10.2. The van der Waals surface area contributed by atoms with Gasteiger partial charge in [0.15, 0.2) is 0 Å². The third-order valence-electron chi connectivity index (χ3n) is 2.91. The number of thiazole rings is 1. The minimum Gasteiger partial charge on any atom is -0.388 e. The Morgan fingerprint density at radius 2 is 1.95 bits per heavy atom. The lowest BCUT2D eigenvalue weighted by Gasteiger charge is -2.08. The summed E-state index contributed by atoms with van der Waals surface area (Å²) in [5, 5.41) is 17.4. The van der Waals surface area contributed by atoms with Crippen molar-refractivity contribution in [3.63, 3.8) is 0 Å². The van der Waals surface area contributed by atoms with Crippen molar-refractivity contribution in [3.8, 4) is 10.6 Å². The van der Waals surface area contributed by atoms with E-state index in [0.717, 1.165) is 21.8 Å². The number of hydrogen-bond acceptors (Lipinski definition) is 4. The summed E-state index contributed by atoms with van der Waals surface area (Å²) in [4.78, 5) is 4.58. The van der Waals surface area contributed by atoms with Crippen LogP contribution in [0.3, 0.4) is 0 Å². The minimum absolute atomic E-state index is 0.487. The molecule has 1 aromatic carbocycles. The lowest BCUT2D eigenvalue weighted by molar-refractivity contribution is 0.177. The average molecular weight is 287 g/mol. The number of thiophene rings is 1. The van der Waals surface area contributed by atoms with E-state index in [4.69, 9.17) is 0 Å². The summed E-state index contributed by atoms with van der Waals surface area (Å²) in [6.45, 7) is 0. The Balaban J connectivity index is 1.74. The van der Waals surface area contributed by atoms with Crippen LogP contribution in [0.25, 0.3) is 10.6 Å². The molecule has 2 nitrogen and oxygen atoms in total. The van der Waals surface area contributed by atoms with Gasteiger partial charge >= 0.3 is 0 Å². The molecule has 0 aliphatic heterocycles. The van der Waals surface area contributed by atoms with Gasteiger partial charge in [-0.25, -0.2) is 4.98 Å². The average Bonchev–Trinajstić information content (AvgIpc) is 3.10. The fourth-order valence-corrected chi connectivity index (χ4v) is 3.46. The summed E-state index contributed by atoms with van der Waals surface area (Å²) in [5.74, 6) is 0. The van der Waals surface area contributed by atoms with Crippen LogP contribution in [0, 0.1) is 0 Å². The molecule has 19 heavy (non-hydrogen) atoms. The fourth-order valence-electron chi connectivity index (χ4n) is 1.91. The fraction of sp³-hybridized carbons (Fsp3) is 0.133. The molecule has 3 aromatic rings. The third kappa shape index (κ3) is 2.92. The lowest BCUT2D eigenvalue weighted by Crippen LogP contribution is -2.01. The van der Waals surface area contributed by atoms with Crippen molar-refractivity contribution in [1.82, 2.24) is 4.98 Å². The second-order valence-corrected chi connectivity index (χ2v) is 5.92. The second-order valence-electron chi connectivity index (χ2n) is 4.29. The van der Waals surface area contributed by atoms with E-state index in [1.54, 1.807) is 22.7 Å². The Bertz CT molecular complexity index is 631. The van der Waals surface area contributed by atoms with Gasteiger partial charge in [-0.1, -0.05) is 30.3 Å². The van der Waals surface area contributed by atoms with E-state index in [0.29, 0.717) is 6.42 Å². The molecule has 3 rings (SSSR count). The number of aliphatic hydroxyl groups is 1. The number of hydrogen-bond donors (Lipinski definition) is 1. The summed E-state index contributed by atoms with van der Waals surface area (Å²) in [5.41, 5.74) is 3.05. The molecule has 1 N–H and O–H groups in total. The Labute approximate surface area is 120 Å². The molecule has 0 saturated carbocycles. The molecular weight excluding hydrogens is 274 g/mol. The topological polar surface area (TPSA) is 33.1 Å². The van der Waals surface area contributed by atoms with Gasteiger partial charge in [0.05, 0.1) is 11.8 Å². The first-order chi connectivity index (χ1) is 9.33. The van der Waals surface area contributed by atoms with E-state index in [2.05, 4.69) is 21.8 Å². The summed E-state index contributed by atoms with van der Waals surface area (Å²) in [6, 6.07) is 11.8. The van der Waals surface area contributed by atoms with Crippen molar-refractivity contribution in [2.24, 2.45) is 0 Å². The van der Waals surface area contributed by atoms with Crippen LogP contribution in [0.2, 0.25) is 0 Å². The first kappa shape index (κ1) is 12.5. The molecule has 0 aliphatic carbocycles. The Hall–Kier alpha value is -1.49. The van der Waals surface area contributed by atoms with Gasteiger partial charge in [-0.3, -0.25) is 0 Å². The van der Waals surface area contributed by atoms with Crippen molar-refractivity contribution in [1.29, 1.82) is 0 Å². The highest BCUT2D eigenvalue weighted by molar-refractivity contribution is 7.14. The van der Waals surface area contributed by atoms with Gasteiger partial charge in [0.1, 0.15) is 5.01 Å². The van der Waals surface area contributed by atoms with E-state index in [9.17, 15) is 5.11 Å². The highest BCUT2D eigenvalue weighted by Crippen LogP contribution is 2.27. The Morgan fingerprint density at radius 1 is 1.11 bits per heavy atom. The molecule has 1 atom stereocenters. The highest BCUT2D eigenvalue weighted by Gasteiger charge is 2.11. The second kappa shape index (κ2) is 5.65.